The maximum absolute atomic E-state index is 12.8. The molecule has 0 saturated carbocycles. The molecule has 0 aromatic heterocycles. The first-order valence-electron chi connectivity index (χ1n) is 8.66. The van der Waals surface area contributed by atoms with Gasteiger partial charge >= 0.3 is 0 Å². The van der Waals surface area contributed by atoms with E-state index in [1.165, 1.54) is 0 Å². The first kappa shape index (κ1) is 19.9. The highest BCUT2D eigenvalue weighted by atomic mass is 35.5. The van der Waals surface area contributed by atoms with Crippen molar-refractivity contribution >= 4 is 40.7 Å². The van der Waals surface area contributed by atoms with E-state index in [1.54, 1.807) is 67.6 Å². The summed E-state index contributed by atoms with van der Waals surface area (Å²) in [6.45, 7) is -0.0502. The Labute approximate surface area is 167 Å². The Morgan fingerprint density at radius 3 is 2.54 bits per heavy atom. The van der Waals surface area contributed by atoms with E-state index in [-0.39, 0.29) is 30.7 Å². The third kappa shape index (κ3) is 4.16. The lowest BCUT2D eigenvalue weighted by Crippen LogP contribution is -2.43. The van der Waals surface area contributed by atoms with Crippen molar-refractivity contribution in [2.24, 2.45) is 0 Å². The number of carbonyl (C=O) groups excluding carboxylic acids is 3. The molecule has 7 nitrogen and oxygen atoms in total. The van der Waals surface area contributed by atoms with E-state index in [0.29, 0.717) is 22.1 Å². The van der Waals surface area contributed by atoms with Crippen LogP contribution in [-0.2, 0) is 14.4 Å². The van der Waals surface area contributed by atoms with E-state index in [2.05, 4.69) is 5.32 Å². The Hall–Kier alpha value is -2.90. The van der Waals surface area contributed by atoms with Gasteiger partial charge in [0.2, 0.25) is 11.8 Å². The van der Waals surface area contributed by atoms with Gasteiger partial charge in [-0.3, -0.25) is 19.3 Å². The van der Waals surface area contributed by atoms with Crippen LogP contribution in [0.4, 0.5) is 11.4 Å². The van der Waals surface area contributed by atoms with Crippen LogP contribution in [0.3, 0.4) is 0 Å². The van der Waals surface area contributed by atoms with E-state index in [4.69, 9.17) is 16.3 Å². The van der Waals surface area contributed by atoms with Gasteiger partial charge in [0.15, 0.2) is 0 Å². The summed E-state index contributed by atoms with van der Waals surface area (Å²) in [6.07, 6.45) is 0.0146. The van der Waals surface area contributed by atoms with Gasteiger partial charge in [0, 0.05) is 0 Å². The molecule has 1 heterocycles. The molecule has 1 aliphatic heterocycles. The Bertz CT molecular complexity index is 901. The van der Waals surface area contributed by atoms with Crippen molar-refractivity contribution in [1.82, 2.24) is 4.90 Å². The molecular formula is C20H20ClN3O4. The van der Waals surface area contributed by atoms with Crippen LogP contribution in [0.1, 0.15) is 6.42 Å². The number of ether oxygens (including phenoxy) is 1. The number of anilines is 2. The number of rotatable bonds is 6. The van der Waals surface area contributed by atoms with Crippen molar-refractivity contribution in [3.63, 3.8) is 0 Å². The molecule has 2 aromatic carbocycles. The number of nitrogens with one attached hydrogen (secondary N) is 1. The molecule has 3 rings (SSSR count). The second-order valence-corrected chi connectivity index (χ2v) is 6.84. The number of amides is 3. The second-order valence-electron chi connectivity index (χ2n) is 6.43. The van der Waals surface area contributed by atoms with Crippen molar-refractivity contribution in [3.8, 4) is 5.75 Å². The highest BCUT2D eigenvalue weighted by molar-refractivity contribution is 6.33. The number of nitrogens with zero attached hydrogens (tertiary/aromatic N) is 2. The van der Waals surface area contributed by atoms with Gasteiger partial charge in [-0.05, 0) is 43.4 Å². The van der Waals surface area contributed by atoms with Gasteiger partial charge in [-0.2, -0.15) is 0 Å². The molecular weight excluding hydrogens is 382 g/mol. The summed E-state index contributed by atoms with van der Waals surface area (Å²) in [5.41, 5.74) is 0.975. The lowest BCUT2D eigenvalue weighted by atomic mass is 10.2. The van der Waals surface area contributed by atoms with Crippen LogP contribution in [0.5, 0.6) is 5.75 Å². The fraction of sp³-hybridized carbons (Fsp3) is 0.250. The van der Waals surface area contributed by atoms with E-state index >= 15 is 0 Å². The number of para-hydroxylation sites is 1. The highest BCUT2D eigenvalue weighted by Gasteiger charge is 2.42. The third-order valence-corrected chi connectivity index (χ3v) is 4.86. The minimum Gasteiger partial charge on any atom is -0.497 e. The molecule has 1 saturated heterocycles. The van der Waals surface area contributed by atoms with Crippen molar-refractivity contribution in [2.75, 3.05) is 30.9 Å². The average molecular weight is 402 g/mol. The van der Waals surface area contributed by atoms with Gasteiger partial charge in [-0.1, -0.05) is 23.7 Å². The van der Waals surface area contributed by atoms with Crippen LogP contribution in [0.15, 0.2) is 48.5 Å². The number of likely N-dealkylation sites (N-methyl/N-ethyl adjacent to an activating group) is 1. The Morgan fingerprint density at radius 2 is 1.89 bits per heavy atom. The maximum atomic E-state index is 12.8. The maximum Gasteiger partial charge on any atom is 0.251 e. The molecule has 146 valence electrons. The summed E-state index contributed by atoms with van der Waals surface area (Å²) in [4.78, 5) is 40.2. The minimum atomic E-state index is -0.702. The van der Waals surface area contributed by atoms with Gasteiger partial charge in [-0.25, -0.2) is 4.90 Å². The minimum absolute atomic E-state index is 0.0146. The number of carbonyl (C=O) groups is 3. The van der Waals surface area contributed by atoms with Gasteiger partial charge in [0.25, 0.3) is 5.91 Å². The van der Waals surface area contributed by atoms with Crippen molar-refractivity contribution in [1.29, 1.82) is 0 Å². The summed E-state index contributed by atoms with van der Waals surface area (Å²) in [6, 6.07) is 12.9. The summed E-state index contributed by atoms with van der Waals surface area (Å²) in [5.74, 6) is -0.353. The van der Waals surface area contributed by atoms with Crippen LogP contribution in [0, 0.1) is 0 Å². The van der Waals surface area contributed by atoms with Crippen LogP contribution in [0.2, 0.25) is 5.02 Å². The van der Waals surface area contributed by atoms with E-state index in [1.807, 2.05) is 0 Å². The molecule has 0 aliphatic carbocycles. The lowest BCUT2D eigenvalue weighted by molar-refractivity contribution is -0.123. The summed E-state index contributed by atoms with van der Waals surface area (Å²) in [7, 11) is 3.18. The zero-order valence-electron chi connectivity index (χ0n) is 15.5. The molecule has 28 heavy (non-hydrogen) atoms. The highest BCUT2D eigenvalue weighted by Crippen LogP contribution is 2.27. The number of methoxy groups -OCH3 is 1. The van der Waals surface area contributed by atoms with E-state index in [0.717, 1.165) is 4.90 Å². The first-order chi connectivity index (χ1) is 13.4. The van der Waals surface area contributed by atoms with Crippen molar-refractivity contribution < 1.29 is 19.1 Å². The van der Waals surface area contributed by atoms with Gasteiger partial charge < -0.3 is 10.1 Å². The predicted octanol–water partition coefficient (Wildman–Crippen LogP) is 2.55. The normalized spacial score (nSPS) is 16.6. The molecule has 1 N–H and O–H groups in total. The predicted molar refractivity (Wildman–Crippen MR) is 107 cm³/mol. The second kappa shape index (κ2) is 8.41. The number of benzene rings is 2. The van der Waals surface area contributed by atoms with Gasteiger partial charge in [0.1, 0.15) is 5.75 Å². The SMILES string of the molecule is COc1ccc(N2C(=O)CC(N(C)CC(=O)Nc3ccccc3Cl)C2=O)cc1. The molecule has 8 heteroatoms. The monoisotopic (exact) mass is 401 g/mol. The standard InChI is InChI=1S/C20H20ClN3O4/c1-23(12-18(25)22-16-6-4-3-5-15(16)21)17-11-19(26)24(20(17)27)13-7-9-14(28-2)10-8-13/h3-10,17H,11-12H2,1-2H3,(H,22,25). The van der Waals surface area contributed by atoms with Crippen molar-refractivity contribution in [3.05, 3.63) is 53.6 Å². The van der Waals surface area contributed by atoms with Crippen LogP contribution < -0.4 is 15.0 Å². The number of hydrogen-bond donors (Lipinski definition) is 1. The first-order valence-corrected chi connectivity index (χ1v) is 9.04. The largest absolute Gasteiger partial charge is 0.497 e. The smallest absolute Gasteiger partial charge is 0.251 e. The third-order valence-electron chi connectivity index (χ3n) is 4.53. The topological polar surface area (TPSA) is 79.0 Å². The molecule has 3 amide bonds. The Balaban J connectivity index is 1.66. The number of halogens is 1. The van der Waals surface area contributed by atoms with Gasteiger partial charge in [0.05, 0.1) is 42.5 Å². The Kier molecular flexibility index (Phi) is 5.96. The summed E-state index contributed by atoms with van der Waals surface area (Å²) >= 11 is 6.04. The number of hydrogen-bond acceptors (Lipinski definition) is 5. The molecule has 0 spiro atoms. The number of imide groups is 1. The van der Waals surface area contributed by atoms with Crippen LogP contribution >= 0.6 is 11.6 Å². The zero-order valence-corrected chi connectivity index (χ0v) is 16.3. The summed E-state index contributed by atoms with van der Waals surface area (Å²) < 4.78 is 5.10. The molecule has 1 fully saturated rings. The molecule has 1 unspecified atom stereocenters. The fourth-order valence-corrected chi connectivity index (χ4v) is 3.23. The summed E-state index contributed by atoms with van der Waals surface area (Å²) in [5, 5.41) is 3.14. The molecule has 0 radical (unpaired) electrons. The van der Waals surface area contributed by atoms with Crippen molar-refractivity contribution in [2.45, 2.75) is 12.5 Å². The van der Waals surface area contributed by atoms with E-state index in [9.17, 15) is 14.4 Å². The molecule has 0 bridgehead atoms. The zero-order chi connectivity index (χ0) is 20.3. The van der Waals surface area contributed by atoms with Gasteiger partial charge in [-0.15, -0.1) is 0 Å². The average Bonchev–Trinajstić information content (AvgIpc) is 2.98. The molecule has 1 aliphatic rings. The molecule has 2 aromatic rings. The lowest BCUT2D eigenvalue weighted by Gasteiger charge is -2.22. The fourth-order valence-electron chi connectivity index (χ4n) is 3.05. The van der Waals surface area contributed by atoms with Crippen LogP contribution in [0.25, 0.3) is 0 Å². The quantitative estimate of drug-likeness (QED) is 0.752. The van der Waals surface area contributed by atoms with Crippen LogP contribution in [-0.4, -0.2) is 49.4 Å². The molecule has 1 atom stereocenters. The Morgan fingerprint density at radius 1 is 1.21 bits per heavy atom. The van der Waals surface area contributed by atoms with E-state index < -0.39 is 6.04 Å².